The molecular formula is C13H12N2O5. The van der Waals surface area contributed by atoms with E-state index in [1.807, 2.05) is 0 Å². The Morgan fingerprint density at radius 3 is 1.95 bits per heavy atom. The van der Waals surface area contributed by atoms with E-state index in [0.29, 0.717) is 5.06 Å². The molecule has 0 spiro atoms. The molecule has 0 aliphatic carbocycles. The highest BCUT2D eigenvalue weighted by atomic mass is 16.7. The Bertz CT molecular complexity index is 600. The Morgan fingerprint density at radius 2 is 1.55 bits per heavy atom. The van der Waals surface area contributed by atoms with Crippen LogP contribution in [0.3, 0.4) is 0 Å². The standard InChI is InChI=1S/C13H12N2O5/c1-13(2,11(14)18)12(19)20-15-9(16)7-5-3-4-6-8(7)10(15)17/h3-6H,1-2H3,(H2,14,18). The van der Waals surface area contributed by atoms with Crippen molar-refractivity contribution in [1.82, 2.24) is 5.06 Å². The molecule has 0 saturated heterocycles. The number of hydrogen-bond acceptors (Lipinski definition) is 5. The van der Waals surface area contributed by atoms with Crippen LogP contribution in [0.15, 0.2) is 24.3 Å². The predicted molar refractivity (Wildman–Crippen MR) is 66.0 cm³/mol. The third kappa shape index (κ3) is 1.93. The second-order valence-electron chi connectivity index (χ2n) is 4.82. The average molecular weight is 276 g/mol. The summed E-state index contributed by atoms with van der Waals surface area (Å²) in [5.74, 6) is -3.49. The summed E-state index contributed by atoms with van der Waals surface area (Å²) in [7, 11) is 0. The van der Waals surface area contributed by atoms with E-state index in [0.717, 1.165) is 0 Å². The van der Waals surface area contributed by atoms with Crippen LogP contribution < -0.4 is 5.73 Å². The van der Waals surface area contributed by atoms with E-state index in [4.69, 9.17) is 10.6 Å². The molecule has 0 unspecified atom stereocenters. The average Bonchev–Trinajstić information content (AvgIpc) is 2.64. The number of amides is 3. The summed E-state index contributed by atoms with van der Waals surface area (Å²) in [6.45, 7) is 2.49. The normalized spacial score (nSPS) is 14.2. The molecule has 0 saturated carbocycles. The van der Waals surface area contributed by atoms with Crippen molar-refractivity contribution in [1.29, 1.82) is 0 Å². The Kier molecular flexibility index (Phi) is 3.05. The van der Waals surface area contributed by atoms with E-state index < -0.39 is 29.1 Å². The summed E-state index contributed by atoms with van der Waals surface area (Å²) < 4.78 is 0. The Morgan fingerprint density at radius 1 is 1.10 bits per heavy atom. The summed E-state index contributed by atoms with van der Waals surface area (Å²) in [5.41, 5.74) is 3.71. The van der Waals surface area contributed by atoms with Gasteiger partial charge < -0.3 is 10.6 Å². The molecule has 0 bridgehead atoms. The molecule has 7 nitrogen and oxygen atoms in total. The van der Waals surface area contributed by atoms with Gasteiger partial charge in [-0.3, -0.25) is 14.4 Å². The first kappa shape index (κ1) is 13.7. The Hall–Kier alpha value is -2.70. The van der Waals surface area contributed by atoms with Crippen LogP contribution in [0.4, 0.5) is 0 Å². The second-order valence-corrected chi connectivity index (χ2v) is 4.82. The summed E-state index contributed by atoms with van der Waals surface area (Å²) in [4.78, 5) is 51.6. The van der Waals surface area contributed by atoms with E-state index in [-0.39, 0.29) is 11.1 Å². The van der Waals surface area contributed by atoms with Gasteiger partial charge in [0.1, 0.15) is 5.41 Å². The number of hydrogen-bond donors (Lipinski definition) is 1. The first-order valence-corrected chi connectivity index (χ1v) is 5.77. The molecule has 7 heteroatoms. The van der Waals surface area contributed by atoms with Gasteiger partial charge in [-0.2, -0.15) is 0 Å². The molecule has 0 atom stereocenters. The number of rotatable bonds is 3. The lowest BCUT2D eigenvalue weighted by Gasteiger charge is -2.21. The van der Waals surface area contributed by atoms with E-state index in [9.17, 15) is 19.2 Å². The second kappa shape index (κ2) is 4.44. The van der Waals surface area contributed by atoms with Gasteiger partial charge in [0.25, 0.3) is 11.8 Å². The lowest BCUT2D eigenvalue weighted by Crippen LogP contribution is -2.44. The largest absolute Gasteiger partial charge is 0.369 e. The summed E-state index contributed by atoms with van der Waals surface area (Å²) >= 11 is 0. The number of carbonyl (C=O) groups excluding carboxylic acids is 4. The van der Waals surface area contributed by atoms with Crippen LogP contribution >= 0.6 is 0 Å². The number of carbonyl (C=O) groups is 4. The first-order valence-electron chi connectivity index (χ1n) is 5.77. The molecule has 0 radical (unpaired) electrons. The fourth-order valence-corrected chi connectivity index (χ4v) is 1.55. The number of nitrogens with zero attached hydrogens (tertiary/aromatic N) is 1. The van der Waals surface area contributed by atoms with Gasteiger partial charge in [0.05, 0.1) is 11.1 Å². The van der Waals surface area contributed by atoms with Crippen molar-refractivity contribution in [2.45, 2.75) is 13.8 Å². The number of nitrogens with two attached hydrogens (primary N) is 1. The van der Waals surface area contributed by atoms with Crippen molar-refractivity contribution < 1.29 is 24.0 Å². The van der Waals surface area contributed by atoms with Crippen LogP contribution in [0, 0.1) is 5.41 Å². The number of benzene rings is 1. The summed E-state index contributed by atoms with van der Waals surface area (Å²) in [6.07, 6.45) is 0. The van der Waals surface area contributed by atoms with Crippen LogP contribution in [0.5, 0.6) is 0 Å². The zero-order valence-electron chi connectivity index (χ0n) is 10.9. The van der Waals surface area contributed by atoms with Gasteiger partial charge in [-0.25, -0.2) is 4.79 Å². The van der Waals surface area contributed by atoms with E-state index in [2.05, 4.69) is 0 Å². The monoisotopic (exact) mass is 276 g/mol. The predicted octanol–water partition coefficient (Wildman–Crippen LogP) is 0.252. The number of imide groups is 1. The SMILES string of the molecule is CC(C)(C(N)=O)C(=O)ON1C(=O)c2ccccc2C1=O. The van der Waals surface area contributed by atoms with Gasteiger partial charge in [-0.15, -0.1) is 0 Å². The van der Waals surface area contributed by atoms with Crippen molar-refractivity contribution in [3.05, 3.63) is 35.4 Å². The van der Waals surface area contributed by atoms with E-state index >= 15 is 0 Å². The van der Waals surface area contributed by atoms with Crippen LogP contribution in [0.2, 0.25) is 0 Å². The lowest BCUT2D eigenvalue weighted by atomic mass is 9.93. The minimum atomic E-state index is -1.64. The van der Waals surface area contributed by atoms with Gasteiger partial charge >= 0.3 is 5.97 Å². The molecule has 1 aromatic carbocycles. The molecule has 20 heavy (non-hydrogen) atoms. The van der Waals surface area contributed by atoms with Gasteiger partial charge in [0, 0.05) is 0 Å². The van der Waals surface area contributed by atoms with Crippen LogP contribution in [0.1, 0.15) is 34.6 Å². The number of hydroxylamine groups is 2. The zero-order chi connectivity index (χ0) is 15.1. The summed E-state index contributed by atoms with van der Waals surface area (Å²) in [5, 5.41) is 0.345. The van der Waals surface area contributed by atoms with Gasteiger partial charge in [0.15, 0.2) is 0 Å². The Balaban J connectivity index is 2.26. The minimum absolute atomic E-state index is 0.141. The van der Waals surface area contributed by atoms with E-state index in [1.54, 1.807) is 12.1 Å². The smallest absolute Gasteiger partial charge is 0.348 e. The highest BCUT2D eigenvalue weighted by Gasteiger charge is 2.43. The van der Waals surface area contributed by atoms with E-state index in [1.165, 1.54) is 26.0 Å². The topological polar surface area (TPSA) is 107 Å². The molecule has 1 aromatic rings. The van der Waals surface area contributed by atoms with Crippen molar-refractivity contribution in [2.24, 2.45) is 11.1 Å². The van der Waals surface area contributed by atoms with Crippen LogP contribution in [0.25, 0.3) is 0 Å². The molecule has 104 valence electrons. The van der Waals surface area contributed by atoms with Crippen molar-refractivity contribution in [3.8, 4) is 0 Å². The highest BCUT2D eigenvalue weighted by molar-refractivity contribution is 6.21. The maximum atomic E-state index is 12.0. The third-order valence-corrected chi connectivity index (χ3v) is 3.06. The fourth-order valence-electron chi connectivity index (χ4n) is 1.55. The van der Waals surface area contributed by atoms with Gasteiger partial charge in [-0.1, -0.05) is 17.2 Å². The maximum Gasteiger partial charge on any atom is 0.348 e. The number of primary amides is 1. The molecule has 0 fully saturated rings. The molecule has 3 amide bonds. The molecule has 2 N–H and O–H groups in total. The molecule has 1 heterocycles. The molecular weight excluding hydrogens is 264 g/mol. The number of fused-ring (bicyclic) bond motifs is 1. The molecule has 2 rings (SSSR count). The fraction of sp³-hybridized carbons (Fsp3) is 0.231. The first-order chi connectivity index (χ1) is 9.26. The van der Waals surface area contributed by atoms with Crippen LogP contribution in [-0.2, 0) is 14.4 Å². The van der Waals surface area contributed by atoms with Gasteiger partial charge in [0.2, 0.25) is 5.91 Å². The van der Waals surface area contributed by atoms with Gasteiger partial charge in [-0.05, 0) is 26.0 Å². The van der Waals surface area contributed by atoms with Crippen molar-refractivity contribution >= 4 is 23.7 Å². The maximum absolute atomic E-state index is 12.0. The molecule has 1 aliphatic heterocycles. The lowest BCUT2D eigenvalue weighted by molar-refractivity contribution is -0.180. The third-order valence-electron chi connectivity index (χ3n) is 3.06. The molecule has 1 aliphatic rings. The minimum Gasteiger partial charge on any atom is -0.369 e. The molecule has 0 aromatic heterocycles. The quantitative estimate of drug-likeness (QED) is 0.629. The van der Waals surface area contributed by atoms with Crippen LogP contribution in [-0.4, -0.2) is 28.8 Å². The highest BCUT2D eigenvalue weighted by Crippen LogP contribution is 2.25. The zero-order valence-corrected chi connectivity index (χ0v) is 10.9. The van der Waals surface area contributed by atoms with Crippen molar-refractivity contribution in [3.63, 3.8) is 0 Å². The summed E-state index contributed by atoms with van der Waals surface area (Å²) in [6, 6.07) is 6.07. The van der Waals surface area contributed by atoms with Crippen molar-refractivity contribution in [2.75, 3.05) is 0 Å². The Labute approximate surface area is 114 Å².